The third-order valence-corrected chi connectivity index (χ3v) is 5.84. The Morgan fingerprint density at radius 1 is 1.21 bits per heavy atom. The summed E-state index contributed by atoms with van der Waals surface area (Å²) in [5.74, 6) is 0.464. The van der Waals surface area contributed by atoms with Crippen LogP contribution in [0.25, 0.3) is 0 Å². The highest BCUT2D eigenvalue weighted by Gasteiger charge is 2.27. The molecule has 0 aliphatic carbocycles. The lowest BCUT2D eigenvalue weighted by Gasteiger charge is -2.32. The molecular weight excluding hydrogens is 375 g/mol. The van der Waals surface area contributed by atoms with E-state index in [2.05, 4.69) is 15.3 Å². The van der Waals surface area contributed by atoms with Gasteiger partial charge in [-0.05, 0) is 62.2 Å². The third kappa shape index (κ3) is 4.20. The zero-order valence-corrected chi connectivity index (χ0v) is 16.4. The van der Waals surface area contributed by atoms with Gasteiger partial charge in [-0.2, -0.15) is 0 Å². The first-order valence-corrected chi connectivity index (χ1v) is 10.1. The smallest absolute Gasteiger partial charge is 0.263 e. The summed E-state index contributed by atoms with van der Waals surface area (Å²) in [6, 6.07) is 11.9. The molecule has 28 heavy (non-hydrogen) atoms. The Balaban J connectivity index is 1.47. The second kappa shape index (κ2) is 8.06. The van der Waals surface area contributed by atoms with Crippen LogP contribution in [0.15, 0.2) is 48.7 Å². The Labute approximate surface area is 167 Å². The van der Waals surface area contributed by atoms with Crippen molar-refractivity contribution in [1.82, 2.24) is 14.9 Å². The first kappa shape index (κ1) is 18.6. The number of likely N-dealkylation sites (tertiary alicyclic amines) is 1. The average molecular weight is 396 g/mol. The molecule has 1 aromatic carbocycles. The monoisotopic (exact) mass is 396 g/mol. The quantitative estimate of drug-likeness (QED) is 0.691. The van der Waals surface area contributed by atoms with E-state index in [1.807, 2.05) is 30.0 Å². The minimum Gasteiger partial charge on any atom is -0.337 e. The molecule has 1 aliphatic rings. The molecule has 4 rings (SSSR count). The fraction of sp³-hybridized carbons (Fsp3) is 0.286. The number of aromatic nitrogens is 2. The normalized spacial score (nSPS) is 16.8. The van der Waals surface area contributed by atoms with Gasteiger partial charge in [0.15, 0.2) is 0 Å². The highest BCUT2D eigenvalue weighted by atomic mass is 32.1. The van der Waals surface area contributed by atoms with Crippen molar-refractivity contribution in [2.24, 2.45) is 0 Å². The second-order valence-corrected chi connectivity index (χ2v) is 8.23. The number of carbonyl (C=O) groups excluding carboxylic acids is 1. The van der Waals surface area contributed by atoms with Crippen molar-refractivity contribution in [3.05, 3.63) is 69.9 Å². The van der Waals surface area contributed by atoms with Crippen LogP contribution in [0.2, 0.25) is 0 Å². The van der Waals surface area contributed by atoms with Gasteiger partial charge in [0.1, 0.15) is 5.82 Å². The zero-order chi connectivity index (χ0) is 19.5. The van der Waals surface area contributed by atoms with Crippen LogP contribution in [0.1, 0.15) is 39.0 Å². The molecule has 0 unspecified atom stereocenters. The van der Waals surface area contributed by atoms with E-state index in [4.69, 9.17) is 0 Å². The maximum atomic E-state index is 13.1. The van der Waals surface area contributed by atoms with E-state index in [9.17, 15) is 9.18 Å². The Morgan fingerprint density at radius 2 is 2.04 bits per heavy atom. The Hall–Kier alpha value is -2.80. The first-order chi connectivity index (χ1) is 13.6. The maximum absolute atomic E-state index is 13.1. The average Bonchev–Trinajstić information content (AvgIpc) is 3.16. The van der Waals surface area contributed by atoms with E-state index < -0.39 is 0 Å². The molecule has 3 aromatic rings. The zero-order valence-electron chi connectivity index (χ0n) is 15.6. The molecule has 1 aliphatic heterocycles. The van der Waals surface area contributed by atoms with Gasteiger partial charge in [-0.3, -0.25) is 4.79 Å². The van der Waals surface area contributed by atoms with Crippen LogP contribution >= 0.6 is 11.3 Å². The van der Waals surface area contributed by atoms with E-state index in [1.165, 1.54) is 23.5 Å². The van der Waals surface area contributed by atoms with Gasteiger partial charge in [0, 0.05) is 35.8 Å². The number of nitrogens with zero attached hydrogens (tertiary/aromatic N) is 3. The molecule has 144 valence electrons. The molecule has 0 spiro atoms. The predicted molar refractivity (Wildman–Crippen MR) is 109 cm³/mol. The fourth-order valence-corrected chi connectivity index (χ4v) is 4.27. The lowest BCUT2D eigenvalue weighted by atomic mass is 9.94. The number of hydrogen-bond donors (Lipinski definition) is 1. The van der Waals surface area contributed by atoms with Crippen LogP contribution in [-0.2, 0) is 0 Å². The molecule has 0 saturated carbocycles. The van der Waals surface area contributed by atoms with Gasteiger partial charge in [-0.15, -0.1) is 11.3 Å². The number of benzene rings is 1. The molecule has 0 bridgehead atoms. The highest BCUT2D eigenvalue weighted by Crippen LogP contribution is 2.28. The predicted octanol–water partition coefficient (Wildman–Crippen LogP) is 4.75. The summed E-state index contributed by atoms with van der Waals surface area (Å²) in [6.07, 6.45) is 3.66. The number of piperidine rings is 1. The van der Waals surface area contributed by atoms with Crippen molar-refractivity contribution in [3.63, 3.8) is 0 Å². The molecule has 1 N–H and O–H groups in total. The van der Waals surface area contributed by atoms with Crippen LogP contribution in [0.3, 0.4) is 0 Å². The molecule has 1 amide bonds. The first-order valence-electron chi connectivity index (χ1n) is 9.30. The molecular formula is C21H21FN4OS. The number of halogens is 1. The topological polar surface area (TPSA) is 58.1 Å². The van der Waals surface area contributed by atoms with Crippen LogP contribution in [0.5, 0.6) is 0 Å². The van der Waals surface area contributed by atoms with Gasteiger partial charge in [0.05, 0.1) is 10.6 Å². The summed E-state index contributed by atoms with van der Waals surface area (Å²) in [6.45, 7) is 3.44. The highest BCUT2D eigenvalue weighted by molar-refractivity contribution is 7.13. The largest absolute Gasteiger partial charge is 0.337 e. The van der Waals surface area contributed by atoms with Crippen LogP contribution in [-0.4, -0.2) is 33.9 Å². The molecule has 2 aromatic heterocycles. The van der Waals surface area contributed by atoms with E-state index in [1.54, 1.807) is 18.3 Å². The standard InChI is InChI=1S/C21H21FN4OS/c1-14-4-9-19(28-14)20(27)26-12-2-3-15(13-26)18-10-11-23-21(25-18)24-17-7-5-16(22)6-8-17/h4-11,15H,2-3,12-13H2,1H3,(H,23,24,25)/t15-/m1/s1. The lowest BCUT2D eigenvalue weighted by molar-refractivity contribution is 0.0711. The van der Waals surface area contributed by atoms with Gasteiger partial charge >= 0.3 is 0 Å². The van der Waals surface area contributed by atoms with E-state index in [-0.39, 0.29) is 17.6 Å². The Kier molecular flexibility index (Phi) is 5.34. The summed E-state index contributed by atoms with van der Waals surface area (Å²) in [7, 11) is 0. The van der Waals surface area contributed by atoms with Crippen molar-refractivity contribution in [3.8, 4) is 0 Å². The van der Waals surface area contributed by atoms with Crippen molar-refractivity contribution in [2.45, 2.75) is 25.7 Å². The number of carbonyl (C=O) groups is 1. The molecule has 1 fully saturated rings. The third-order valence-electron chi connectivity index (χ3n) is 4.86. The Morgan fingerprint density at radius 3 is 2.79 bits per heavy atom. The van der Waals surface area contributed by atoms with Crippen molar-refractivity contribution in [1.29, 1.82) is 0 Å². The number of thiophene rings is 1. The van der Waals surface area contributed by atoms with Crippen LogP contribution < -0.4 is 5.32 Å². The number of anilines is 2. The van der Waals surface area contributed by atoms with E-state index in [0.717, 1.165) is 40.5 Å². The number of rotatable bonds is 4. The molecule has 1 saturated heterocycles. The summed E-state index contributed by atoms with van der Waals surface area (Å²) < 4.78 is 13.1. The van der Waals surface area contributed by atoms with E-state index in [0.29, 0.717) is 12.5 Å². The summed E-state index contributed by atoms with van der Waals surface area (Å²) in [5, 5.41) is 3.11. The van der Waals surface area contributed by atoms with Crippen molar-refractivity contribution >= 4 is 28.9 Å². The molecule has 7 heteroatoms. The molecule has 5 nitrogen and oxygen atoms in total. The Bertz CT molecular complexity index is 973. The number of aryl methyl sites for hydroxylation is 1. The van der Waals surface area contributed by atoms with Gasteiger partial charge in [-0.25, -0.2) is 14.4 Å². The van der Waals surface area contributed by atoms with Crippen LogP contribution in [0.4, 0.5) is 16.0 Å². The van der Waals surface area contributed by atoms with Gasteiger partial charge in [0.25, 0.3) is 5.91 Å². The van der Waals surface area contributed by atoms with Crippen LogP contribution in [0, 0.1) is 12.7 Å². The molecule has 3 heterocycles. The molecule has 1 atom stereocenters. The SMILES string of the molecule is Cc1ccc(C(=O)N2CCC[C@@H](c3ccnc(Nc4ccc(F)cc4)n3)C2)s1. The van der Waals surface area contributed by atoms with Crippen molar-refractivity contribution in [2.75, 3.05) is 18.4 Å². The number of nitrogens with one attached hydrogen (secondary N) is 1. The van der Waals surface area contributed by atoms with Gasteiger partial charge in [0.2, 0.25) is 5.95 Å². The lowest BCUT2D eigenvalue weighted by Crippen LogP contribution is -2.39. The minimum atomic E-state index is -0.284. The minimum absolute atomic E-state index is 0.0986. The number of amides is 1. The maximum Gasteiger partial charge on any atom is 0.263 e. The number of hydrogen-bond acceptors (Lipinski definition) is 5. The fourth-order valence-electron chi connectivity index (χ4n) is 3.43. The van der Waals surface area contributed by atoms with E-state index >= 15 is 0 Å². The molecule has 0 radical (unpaired) electrons. The van der Waals surface area contributed by atoms with Crippen molar-refractivity contribution < 1.29 is 9.18 Å². The van der Waals surface area contributed by atoms with Gasteiger partial charge < -0.3 is 10.2 Å². The van der Waals surface area contributed by atoms with Gasteiger partial charge in [-0.1, -0.05) is 0 Å². The second-order valence-electron chi connectivity index (χ2n) is 6.94. The summed E-state index contributed by atoms with van der Waals surface area (Å²) in [4.78, 5) is 25.5. The summed E-state index contributed by atoms with van der Waals surface area (Å²) in [5.41, 5.74) is 1.64. The summed E-state index contributed by atoms with van der Waals surface area (Å²) >= 11 is 1.54.